The third-order valence-electron chi connectivity index (χ3n) is 3.78. The standard InChI is InChI=1S/C11H11F11O/c12-7(13,6(23)5-3-1-2-4-5)8(14,15)9(16,17)10(18,19)11(20,21)22/h5-6,23H,1-4H2. The summed E-state index contributed by atoms with van der Waals surface area (Å²) in [7, 11) is 0. The van der Waals surface area contributed by atoms with Crippen LogP contribution in [0.4, 0.5) is 48.3 Å². The highest BCUT2D eigenvalue weighted by molar-refractivity contribution is 5.09. The number of halogens is 11. The number of hydrogen-bond acceptors (Lipinski definition) is 1. The second-order valence-corrected chi connectivity index (χ2v) is 5.33. The Balaban J connectivity index is 3.25. The van der Waals surface area contributed by atoms with Crippen LogP contribution in [0.2, 0.25) is 0 Å². The smallest absolute Gasteiger partial charge is 0.386 e. The van der Waals surface area contributed by atoms with Crippen LogP contribution in [0.15, 0.2) is 0 Å². The minimum Gasteiger partial charge on any atom is -0.386 e. The lowest BCUT2D eigenvalue weighted by Crippen LogP contribution is -2.69. The summed E-state index contributed by atoms with van der Waals surface area (Å²) < 4.78 is 140. The van der Waals surface area contributed by atoms with E-state index in [2.05, 4.69) is 0 Å². The van der Waals surface area contributed by atoms with Crippen LogP contribution in [0.25, 0.3) is 0 Å². The Morgan fingerprint density at radius 2 is 1.04 bits per heavy atom. The van der Waals surface area contributed by atoms with Crippen molar-refractivity contribution in [2.75, 3.05) is 0 Å². The molecule has 138 valence electrons. The first-order valence-electron chi connectivity index (χ1n) is 6.28. The Morgan fingerprint density at radius 3 is 1.39 bits per heavy atom. The number of aliphatic hydroxyl groups excluding tert-OH is 1. The van der Waals surface area contributed by atoms with Gasteiger partial charge < -0.3 is 5.11 Å². The first-order chi connectivity index (χ1) is 10.0. The lowest BCUT2D eigenvalue weighted by Gasteiger charge is -2.39. The number of rotatable bonds is 5. The van der Waals surface area contributed by atoms with Gasteiger partial charge in [-0.1, -0.05) is 12.8 Å². The first kappa shape index (κ1) is 20.2. The highest BCUT2D eigenvalue weighted by Gasteiger charge is 2.88. The molecule has 23 heavy (non-hydrogen) atoms. The fourth-order valence-corrected chi connectivity index (χ4v) is 2.34. The number of alkyl halides is 11. The topological polar surface area (TPSA) is 20.2 Å². The fourth-order valence-electron chi connectivity index (χ4n) is 2.34. The molecule has 0 radical (unpaired) electrons. The average Bonchev–Trinajstić information content (AvgIpc) is 2.89. The zero-order chi connectivity index (χ0) is 18.5. The maximum Gasteiger partial charge on any atom is 0.460 e. The van der Waals surface area contributed by atoms with Gasteiger partial charge in [-0.15, -0.1) is 0 Å². The molecule has 1 unspecified atom stereocenters. The summed E-state index contributed by atoms with van der Waals surface area (Å²) in [4.78, 5) is 0. The van der Waals surface area contributed by atoms with Crippen molar-refractivity contribution in [3.63, 3.8) is 0 Å². The van der Waals surface area contributed by atoms with Crippen LogP contribution in [0.5, 0.6) is 0 Å². The molecule has 12 heteroatoms. The van der Waals surface area contributed by atoms with E-state index in [0.29, 0.717) is 0 Å². The second kappa shape index (κ2) is 5.62. The van der Waals surface area contributed by atoms with Gasteiger partial charge >= 0.3 is 29.9 Å². The number of hydrogen-bond donors (Lipinski definition) is 1. The Labute approximate surface area is 122 Å². The molecule has 0 aromatic carbocycles. The Morgan fingerprint density at radius 1 is 0.652 bits per heavy atom. The van der Waals surface area contributed by atoms with Gasteiger partial charge in [0.2, 0.25) is 0 Å². The summed E-state index contributed by atoms with van der Waals surface area (Å²) in [6, 6.07) is 0. The second-order valence-electron chi connectivity index (χ2n) is 5.33. The molecule has 1 aliphatic carbocycles. The van der Waals surface area contributed by atoms with E-state index in [0.717, 1.165) is 0 Å². The maximum absolute atomic E-state index is 13.5. The third kappa shape index (κ3) is 2.86. The van der Waals surface area contributed by atoms with Crippen molar-refractivity contribution < 1.29 is 53.4 Å². The van der Waals surface area contributed by atoms with Crippen molar-refractivity contribution in [3.05, 3.63) is 0 Å². The molecule has 0 heterocycles. The van der Waals surface area contributed by atoms with Gasteiger partial charge in [-0.2, -0.15) is 48.3 Å². The van der Waals surface area contributed by atoms with Crippen molar-refractivity contribution in [1.82, 2.24) is 0 Å². The minimum atomic E-state index is -7.46. The van der Waals surface area contributed by atoms with Crippen molar-refractivity contribution in [1.29, 1.82) is 0 Å². The van der Waals surface area contributed by atoms with E-state index in [4.69, 9.17) is 5.11 Å². The molecule has 1 rings (SSSR count). The van der Waals surface area contributed by atoms with Crippen molar-refractivity contribution in [2.24, 2.45) is 5.92 Å². The van der Waals surface area contributed by atoms with Crippen LogP contribution >= 0.6 is 0 Å². The summed E-state index contributed by atoms with van der Waals surface area (Å²) in [5.74, 6) is -29.8. The summed E-state index contributed by atoms with van der Waals surface area (Å²) in [6.45, 7) is 0. The lowest BCUT2D eigenvalue weighted by molar-refractivity contribution is -0.429. The summed E-state index contributed by atoms with van der Waals surface area (Å²) in [5.41, 5.74) is 0. The predicted octanol–water partition coefficient (Wildman–Crippen LogP) is 4.64. The molecular formula is C11H11F11O. The zero-order valence-electron chi connectivity index (χ0n) is 11.1. The molecule has 0 bridgehead atoms. The van der Waals surface area contributed by atoms with E-state index in [1.54, 1.807) is 0 Å². The highest BCUT2D eigenvalue weighted by Crippen LogP contribution is 2.58. The van der Waals surface area contributed by atoms with Crippen LogP contribution in [0.1, 0.15) is 25.7 Å². The van der Waals surface area contributed by atoms with Crippen molar-refractivity contribution in [3.8, 4) is 0 Å². The lowest BCUT2D eigenvalue weighted by atomic mass is 9.87. The SMILES string of the molecule is OC(C1CCCC1)C(F)(F)C(F)(F)C(F)(F)C(F)(F)C(F)(F)F. The van der Waals surface area contributed by atoms with Gasteiger partial charge in [0.1, 0.15) is 6.10 Å². The molecular weight excluding hydrogens is 357 g/mol. The van der Waals surface area contributed by atoms with Crippen LogP contribution in [-0.2, 0) is 0 Å². The summed E-state index contributed by atoms with van der Waals surface area (Å²) in [6.07, 6.45) is -10.8. The van der Waals surface area contributed by atoms with E-state index in [9.17, 15) is 48.3 Å². The highest BCUT2D eigenvalue weighted by atomic mass is 19.4. The summed E-state index contributed by atoms with van der Waals surface area (Å²) in [5, 5.41) is 9.15. The maximum atomic E-state index is 13.5. The average molecular weight is 368 g/mol. The molecule has 0 aliphatic heterocycles. The molecule has 1 fully saturated rings. The van der Waals surface area contributed by atoms with Crippen LogP contribution in [0.3, 0.4) is 0 Å². The van der Waals surface area contributed by atoms with Gasteiger partial charge in [0.05, 0.1) is 0 Å². The van der Waals surface area contributed by atoms with Gasteiger partial charge in [0.15, 0.2) is 0 Å². The van der Waals surface area contributed by atoms with E-state index >= 15 is 0 Å². The molecule has 1 N–H and O–H groups in total. The molecule has 0 aromatic rings. The fraction of sp³-hybridized carbons (Fsp3) is 1.00. The molecule has 0 amide bonds. The molecule has 1 atom stereocenters. The Kier molecular flexibility index (Phi) is 4.95. The minimum absolute atomic E-state index is 0.193. The van der Waals surface area contributed by atoms with Crippen LogP contribution in [-0.4, -0.2) is 41.1 Å². The van der Waals surface area contributed by atoms with Gasteiger partial charge in [-0.25, -0.2) is 0 Å². The molecule has 1 nitrogen and oxygen atoms in total. The predicted molar refractivity (Wildman–Crippen MR) is 53.8 cm³/mol. The summed E-state index contributed by atoms with van der Waals surface area (Å²) >= 11 is 0. The molecule has 0 saturated heterocycles. The molecule has 0 spiro atoms. The molecule has 1 saturated carbocycles. The van der Waals surface area contributed by atoms with Gasteiger partial charge in [-0.3, -0.25) is 0 Å². The van der Waals surface area contributed by atoms with Crippen molar-refractivity contribution in [2.45, 2.75) is 61.7 Å². The first-order valence-corrected chi connectivity index (χ1v) is 6.28. The van der Waals surface area contributed by atoms with E-state index in [1.807, 2.05) is 0 Å². The number of aliphatic hydroxyl groups is 1. The van der Waals surface area contributed by atoms with Crippen molar-refractivity contribution >= 4 is 0 Å². The third-order valence-corrected chi connectivity index (χ3v) is 3.78. The zero-order valence-corrected chi connectivity index (χ0v) is 11.1. The van der Waals surface area contributed by atoms with Crippen LogP contribution < -0.4 is 0 Å². The van der Waals surface area contributed by atoms with Gasteiger partial charge in [0, 0.05) is 0 Å². The van der Waals surface area contributed by atoms with E-state index in [-0.39, 0.29) is 25.7 Å². The van der Waals surface area contributed by atoms with Crippen LogP contribution in [0, 0.1) is 5.92 Å². The van der Waals surface area contributed by atoms with E-state index < -0.39 is 41.9 Å². The monoisotopic (exact) mass is 368 g/mol. The van der Waals surface area contributed by atoms with Gasteiger partial charge in [0.25, 0.3) is 0 Å². The quantitative estimate of drug-likeness (QED) is 0.701. The molecule has 0 aromatic heterocycles. The molecule has 1 aliphatic rings. The normalized spacial score (nSPS) is 20.9. The van der Waals surface area contributed by atoms with E-state index in [1.165, 1.54) is 0 Å². The Hall–Kier alpha value is -0.810. The van der Waals surface area contributed by atoms with Gasteiger partial charge in [-0.05, 0) is 18.8 Å². The largest absolute Gasteiger partial charge is 0.460 e. The Bertz CT molecular complexity index is 422.